The highest BCUT2D eigenvalue weighted by atomic mass is 15.4. The zero-order chi connectivity index (χ0) is 16.7. The number of imidazole rings is 1. The maximum Gasteiger partial charge on any atom is 0.225 e. The largest absolute Gasteiger partial charge is 0.352 e. The molecule has 7 nitrogen and oxygen atoms in total. The summed E-state index contributed by atoms with van der Waals surface area (Å²) in [7, 11) is 0. The first-order valence-electron chi connectivity index (χ1n) is 8.24. The van der Waals surface area contributed by atoms with Gasteiger partial charge in [-0.25, -0.2) is 19.5 Å². The highest BCUT2D eigenvalue weighted by Gasteiger charge is 2.20. The third-order valence-electron chi connectivity index (χ3n) is 4.28. The molecular formula is C17H21N7. The maximum atomic E-state index is 4.68. The first-order valence-corrected chi connectivity index (χ1v) is 8.24. The highest BCUT2D eigenvalue weighted by molar-refractivity contribution is 5.48. The van der Waals surface area contributed by atoms with Crippen molar-refractivity contribution in [1.82, 2.24) is 24.6 Å². The quantitative estimate of drug-likeness (QED) is 0.716. The number of hydrogen-bond acceptors (Lipinski definition) is 6. The van der Waals surface area contributed by atoms with Crippen molar-refractivity contribution in [3.05, 3.63) is 41.5 Å². The molecule has 3 aromatic rings. The molecule has 0 aliphatic carbocycles. The minimum atomic E-state index is 0.834. The van der Waals surface area contributed by atoms with Crippen LogP contribution in [0, 0.1) is 20.8 Å². The fourth-order valence-corrected chi connectivity index (χ4v) is 3.14. The molecule has 0 N–H and O–H groups in total. The molecule has 0 bridgehead atoms. The number of rotatable bonds is 2. The number of aryl methyl sites for hydroxylation is 3. The van der Waals surface area contributed by atoms with Gasteiger partial charge in [0, 0.05) is 37.6 Å². The smallest absolute Gasteiger partial charge is 0.225 e. The van der Waals surface area contributed by atoms with Crippen LogP contribution in [0.15, 0.2) is 24.4 Å². The standard InChI is InChI=1S/C17H21N7/c1-12-10-13(2)20-17(19-12)23-8-6-22(7-9-23)16-5-4-15-18-14(3)11-24(15)21-16/h4-5,10-11H,6-9H2,1-3H3. The van der Waals surface area contributed by atoms with E-state index >= 15 is 0 Å². The molecule has 1 aliphatic heterocycles. The maximum absolute atomic E-state index is 4.68. The Bertz CT molecular complexity index is 858. The summed E-state index contributed by atoms with van der Waals surface area (Å²) in [6, 6.07) is 6.07. The minimum absolute atomic E-state index is 0.834. The summed E-state index contributed by atoms with van der Waals surface area (Å²) in [5.41, 5.74) is 3.90. The van der Waals surface area contributed by atoms with Gasteiger partial charge < -0.3 is 9.80 Å². The molecule has 0 saturated carbocycles. The van der Waals surface area contributed by atoms with E-state index in [1.165, 1.54) is 0 Å². The van der Waals surface area contributed by atoms with Gasteiger partial charge in [-0.3, -0.25) is 0 Å². The lowest BCUT2D eigenvalue weighted by atomic mass is 10.3. The minimum Gasteiger partial charge on any atom is -0.352 e. The second-order valence-electron chi connectivity index (χ2n) is 6.30. The molecule has 1 aliphatic rings. The molecule has 24 heavy (non-hydrogen) atoms. The van der Waals surface area contributed by atoms with Gasteiger partial charge in [0.2, 0.25) is 5.95 Å². The van der Waals surface area contributed by atoms with Crippen LogP contribution in [0.3, 0.4) is 0 Å². The Morgan fingerprint density at radius 1 is 0.792 bits per heavy atom. The van der Waals surface area contributed by atoms with Gasteiger partial charge in [-0.05, 0) is 39.0 Å². The molecule has 0 amide bonds. The lowest BCUT2D eigenvalue weighted by Gasteiger charge is -2.35. The summed E-state index contributed by atoms with van der Waals surface area (Å²) in [5.74, 6) is 1.82. The summed E-state index contributed by atoms with van der Waals surface area (Å²) >= 11 is 0. The van der Waals surface area contributed by atoms with E-state index in [9.17, 15) is 0 Å². The first-order chi connectivity index (χ1) is 11.6. The SMILES string of the molecule is Cc1cc(C)nc(N2CCN(c3ccc4nc(C)cn4n3)CC2)n1. The topological polar surface area (TPSA) is 62.5 Å². The van der Waals surface area contributed by atoms with E-state index in [0.29, 0.717) is 0 Å². The zero-order valence-electron chi connectivity index (χ0n) is 14.3. The van der Waals surface area contributed by atoms with Crippen LogP contribution in [0.5, 0.6) is 0 Å². The number of anilines is 2. The molecular weight excluding hydrogens is 302 g/mol. The van der Waals surface area contributed by atoms with E-state index in [1.54, 1.807) is 0 Å². The van der Waals surface area contributed by atoms with Crippen LogP contribution in [-0.2, 0) is 0 Å². The van der Waals surface area contributed by atoms with Crippen molar-refractivity contribution in [3.63, 3.8) is 0 Å². The van der Waals surface area contributed by atoms with Crippen LogP contribution >= 0.6 is 0 Å². The number of fused-ring (bicyclic) bond motifs is 1. The van der Waals surface area contributed by atoms with E-state index in [2.05, 4.69) is 29.9 Å². The van der Waals surface area contributed by atoms with Crippen LogP contribution in [0.1, 0.15) is 17.1 Å². The van der Waals surface area contributed by atoms with Crippen molar-refractivity contribution in [2.45, 2.75) is 20.8 Å². The molecule has 124 valence electrons. The van der Waals surface area contributed by atoms with Crippen molar-refractivity contribution in [1.29, 1.82) is 0 Å². The van der Waals surface area contributed by atoms with E-state index in [0.717, 1.165) is 60.7 Å². The summed E-state index contributed by atoms with van der Waals surface area (Å²) < 4.78 is 1.85. The predicted octanol–water partition coefficient (Wildman–Crippen LogP) is 1.77. The van der Waals surface area contributed by atoms with Crippen LogP contribution < -0.4 is 9.80 Å². The number of piperazine rings is 1. The van der Waals surface area contributed by atoms with Crippen molar-refractivity contribution < 1.29 is 0 Å². The molecule has 1 saturated heterocycles. The molecule has 1 fully saturated rings. The summed E-state index contributed by atoms with van der Waals surface area (Å²) in [5, 5.41) is 4.68. The number of aromatic nitrogens is 5. The molecule has 0 aromatic carbocycles. The van der Waals surface area contributed by atoms with Gasteiger partial charge in [0.25, 0.3) is 0 Å². The Balaban J connectivity index is 1.50. The fraction of sp³-hybridized carbons (Fsp3) is 0.412. The fourth-order valence-electron chi connectivity index (χ4n) is 3.14. The van der Waals surface area contributed by atoms with E-state index in [1.807, 2.05) is 49.7 Å². The molecule has 0 radical (unpaired) electrons. The second-order valence-corrected chi connectivity index (χ2v) is 6.30. The molecule has 4 rings (SSSR count). The third kappa shape index (κ3) is 2.77. The molecule has 0 unspecified atom stereocenters. The predicted molar refractivity (Wildman–Crippen MR) is 93.7 cm³/mol. The van der Waals surface area contributed by atoms with E-state index < -0.39 is 0 Å². The molecule has 3 aromatic heterocycles. The monoisotopic (exact) mass is 323 g/mol. The Morgan fingerprint density at radius 2 is 1.46 bits per heavy atom. The lowest BCUT2D eigenvalue weighted by molar-refractivity contribution is 0.628. The molecule has 0 atom stereocenters. The average molecular weight is 323 g/mol. The van der Waals surface area contributed by atoms with E-state index in [4.69, 9.17) is 0 Å². The molecule has 4 heterocycles. The second kappa shape index (κ2) is 5.74. The highest BCUT2D eigenvalue weighted by Crippen LogP contribution is 2.18. The third-order valence-corrected chi connectivity index (χ3v) is 4.28. The van der Waals surface area contributed by atoms with Crippen molar-refractivity contribution in [3.8, 4) is 0 Å². The van der Waals surface area contributed by atoms with Gasteiger partial charge in [-0.15, -0.1) is 5.10 Å². The van der Waals surface area contributed by atoms with Crippen molar-refractivity contribution >= 4 is 17.4 Å². The normalized spacial score (nSPS) is 15.3. The lowest BCUT2D eigenvalue weighted by Crippen LogP contribution is -2.47. The Hall–Kier alpha value is -2.70. The van der Waals surface area contributed by atoms with Crippen molar-refractivity contribution in [2.75, 3.05) is 36.0 Å². The van der Waals surface area contributed by atoms with Gasteiger partial charge >= 0.3 is 0 Å². The Morgan fingerprint density at radius 3 is 2.17 bits per heavy atom. The number of hydrogen-bond donors (Lipinski definition) is 0. The molecule has 7 heteroatoms. The van der Waals surface area contributed by atoms with Gasteiger partial charge in [-0.1, -0.05) is 0 Å². The Kier molecular flexibility index (Phi) is 3.55. The summed E-state index contributed by atoms with van der Waals surface area (Å²) in [4.78, 5) is 18.1. The summed E-state index contributed by atoms with van der Waals surface area (Å²) in [6.45, 7) is 9.61. The number of nitrogens with zero attached hydrogens (tertiary/aromatic N) is 7. The van der Waals surface area contributed by atoms with Crippen LogP contribution in [-0.4, -0.2) is 50.7 Å². The van der Waals surface area contributed by atoms with Gasteiger partial charge in [-0.2, -0.15) is 0 Å². The van der Waals surface area contributed by atoms with Gasteiger partial charge in [0.05, 0.1) is 11.9 Å². The van der Waals surface area contributed by atoms with Gasteiger partial charge in [0.1, 0.15) is 5.82 Å². The van der Waals surface area contributed by atoms with Crippen LogP contribution in [0.2, 0.25) is 0 Å². The summed E-state index contributed by atoms with van der Waals surface area (Å²) in [6.07, 6.45) is 1.96. The van der Waals surface area contributed by atoms with Crippen LogP contribution in [0.25, 0.3) is 5.65 Å². The van der Waals surface area contributed by atoms with Crippen LogP contribution in [0.4, 0.5) is 11.8 Å². The Labute approximate surface area is 141 Å². The first kappa shape index (κ1) is 14.9. The molecule has 0 spiro atoms. The van der Waals surface area contributed by atoms with E-state index in [-0.39, 0.29) is 0 Å². The van der Waals surface area contributed by atoms with Gasteiger partial charge in [0.15, 0.2) is 5.65 Å². The van der Waals surface area contributed by atoms with Crippen molar-refractivity contribution in [2.24, 2.45) is 0 Å². The zero-order valence-corrected chi connectivity index (χ0v) is 14.3. The average Bonchev–Trinajstić information content (AvgIpc) is 2.93.